The Bertz CT molecular complexity index is 440. The van der Waals surface area contributed by atoms with E-state index in [-0.39, 0.29) is 0 Å². The fourth-order valence-electron chi connectivity index (χ4n) is 1.32. The summed E-state index contributed by atoms with van der Waals surface area (Å²) < 4.78 is 0. The molecule has 0 aliphatic carbocycles. The highest BCUT2D eigenvalue weighted by Crippen LogP contribution is 2.21. The van der Waals surface area contributed by atoms with Crippen molar-refractivity contribution in [2.24, 2.45) is 0 Å². The molecule has 1 aromatic heterocycles. The third-order valence-electron chi connectivity index (χ3n) is 2.17. The standard InChI is InChI=1S/C13H13NS/c1-10-5-7-12(8-6-10)14-11(2)13-4-3-9-15-13/h3-9,14H,2H2,1H3. The molecule has 0 saturated carbocycles. The molecule has 1 heterocycles. The van der Waals surface area contributed by atoms with Gasteiger partial charge in [0.2, 0.25) is 0 Å². The van der Waals surface area contributed by atoms with Gasteiger partial charge in [0.05, 0.1) is 0 Å². The van der Waals surface area contributed by atoms with Crippen molar-refractivity contribution in [1.29, 1.82) is 0 Å². The zero-order chi connectivity index (χ0) is 10.7. The van der Waals surface area contributed by atoms with Gasteiger partial charge < -0.3 is 5.32 Å². The van der Waals surface area contributed by atoms with Crippen molar-refractivity contribution in [3.05, 3.63) is 58.8 Å². The molecule has 1 N–H and O–H groups in total. The van der Waals surface area contributed by atoms with Gasteiger partial charge in [0.1, 0.15) is 0 Å². The summed E-state index contributed by atoms with van der Waals surface area (Å²) in [7, 11) is 0. The average Bonchev–Trinajstić information content (AvgIpc) is 2.74. The summed E-state index contributed by atoms with van der Waals surface area (Å²) in [5.41, 5.74) is 3.30. The average molecular weight is 215 g/mol. The minimum Gasteiger partial charge on any atom is -0.355 e. The topological polar surface area (TPSA) is 12.0 Å². The fraction of sp³-hybridized carbons (Fsp3) is 0.0769. The first-order valence-electron chi connectivity index (χ1n) is 4.82. The van der Waals surface area contributed by atoms with Crippen LogP contribution in [0.2, 0.25) is 0 Å². The van der Waals surface area contributed by atoms with E-state index in [1.807, 2.05) is 6.07 Å². The molecular formula is C13H13NS. The van der Waals surface area contributed by atoms with Crippen LogP contribution in [0.5, 0.6) is 0 Å². The summed E-state index contributed by atoms with van der Waals surface area (Å²) in [4.78, 5) is 1.18. The van der Waals surface area contributed by atoms with E-state index in [1.54, 1.807) is 11.3 Å². The van der Waals surface area contributed by atoms with Crippen LogP contribution >= 0.6 is 11.3 Å². The Balaban J connectivity index is 2.09. The minimum atomic E-state index is 0.953. The maximum Gasteiger partial charge on any atom is 0.0499 e. The summed E-state index contributed by atoms with van der Waals surface area (Å²) in [6.45, 7) is 6.10. The van der Waals surface area contributed by atoms with E-state index in [0.717, 1.165) is 11.4 Å². The lowest BCUT2D eigenvalue weighted by Crippen LogP contribution is -1.94. The minimum absolute atomic E-state index is 0.953. The lowest BCUT2D eigenvalue weighted by atomic mass is 10.2. The Morgan fingerprint density at radius 2 is 1.93 bits per heavy atom. The van der Waals surface area contributed by atoms with Gasteiger partial charge in [0, 0.05) is 16.3 Å². The van der Waals surface area contributed by atoms with Gasteiger partial charge in [-0.05, 0) is 30.5 Å². The van der Waals surface area contributed by atoms with Crippen LogP contribution in [0, 0.1) is 6.92 Å². The number of anilines is 1. The largest absolute Gasteiger partial charge is 0.355 e. The van der Waals surface area contributed by atoms with Crippen molar-refractivity contribution in [3.63, 3.8) is 0 Å². The van der Waals surface area contributed by atoms with Gasteiger partial charge in [0.15, 0.2) is 0 Å². The van der Waals surface area contributed by atoms with Crippen molar-refractivity contribution < 1.29 is 0 Å². The Labute approximate surface area is 94.1 Å². The predicted octanol–water partition coefficient (Wildman–Crippen LogP) is 4.14. The smallest absolute Gasteiger partial charge is 0.0499 e. The molecule has 0 unspecified atom stereocenters. The van der Waals surface area contributed by atoms with E-state index in [1.165, 1.54) is 10.4 Å². The Morgan fingerprint density at radius 1 is 1.20 bits per heavy atom. The number of nitrogens with one attached hydrogen (secondary N) is 1. The van der Waals surface area contributed by atoms with Gasteiger partial charge in [-0.1, -0.05) is 30.3 Å². The van der Waals surface area contributed by atoms with Crippen LogP contribution in [0.3, 0.4) is 0 Å². The molecule has 0 radical (unpaired) electrons. The van der Waals surface area contributed by atoms with Gasteiger partial charge in [0.25, 0.3) is 0 Å². The van der Waals surface area contributed by atoms with Crippen LogP contribution in [0.25, 0.3) is 5.70 Å². The second-order valence-corrected chi connectivity index (χ2v) is 4.39. The van der Waals surface area contributed by atoms with Crippen LogP contribution in [0.4, 0.5) is 5.69 Å². The van der Waals surface area contributed by atoms with E-state index >= 15 is 0 Å². The molecule has 2 aromatic rings. The third kappa shape index (κ3) is 2.48. The maximum absolute atomic E-state index is 4.01. The first-order chi connectivity index (χ1) is 7.25. The van der Waals surface area contributed by atoms with Gasteiger partial charge in [-0.25, -0.2) is 0 Å². The zero-order valence-corrected chi connectivity index (χ0v) is 9.47. The highest BCUT2D eigenvalue weighted by molar-refractivity contribution is 7.11. The highest BCUT2D eigenvalue weighted by atomic mass is 32.1. The maximum atomic E-state index is 4.01. The molecule has 0 aliphatic rings. The lowest BCUT2D eigenvalue weighted by molar-refractivity contribution is 1.46. The summed E-state index contributed by atoms with van der Waals surface area (Å²) in [6.07, 6.45) is 0. The first-order valence-corrected chi connectivity index (χ1v) is 5.70. The highest BCUT2D eigenvalue weighted by Gasteiger charge is 1.99. The normalized spacial score (nSPS) is 9.93. The van der Waals surface area contributed by atoms with E-state index < -0.39 is 0 Å². The molecule has 0 aliphatic heterocycles. The lowest BCUT2D eigenvalue weighted by Gasteiger charge is -2.07. The van der Waals surface area contributed by atoms with Crippen molar-refractivity contribution in [2.45, 2.75) is 6.92 Å². The van der Waals surface area contributed by atoms with Crippen molar-refractivity contribution in [2.75, 3.05) is 5.32 Å². The summed E-state index contributed by atoms with van der Waals surface area (Å²) in [6, 6.07) is 12.4. The molecular weight excluding hydrogens is 202 g/mol. The molecule has 1 nitrogen and oxygen atoms in total. The quantitative estimate of drug-likeness (QED) is 0.811. The Kier molecular flexibility index (Phi) is 2.88. The van der Waals surface area contributed by atoms with Gasteiger partial charge in [-0.2, -0.15) is 0 Å². The van der Waals surface area contributed by atoms with E-state index in [4.69, 9.17) is 0 Å². The molecule has 15 heavy (non-hydrogen) atoms. The Morgan fingerprint density at radius 3 is 2.53 bits per heavy atom. The van der Waals surface area contributed by atoms with E-state index in [0.29, 0.717) is 0 Å². The number of rotatable bonds is 3. The van der Waals surface area contributed by atoms with Gasteiger partial charge in [-0.3, -0.25) is 0 Å². The van der Waals surface area contributed by atoms with Gasteiger partial charge >= 0.3 is 0 Å². The number of thiophene rings is 1. The van der Waals surface area contributed by atoms with Crippen LogP contribution in [0.1, 0.15) is 10.4 Å². The van der Waals surface area contributed by atoms with E-state index in [2.05, 4.69) is 54.5 Å². The number of aryl methyl sites for hydroxylation is 1. The number of hydrogen-bond donors (Lipinski definition) is 1. The molecule has 1 aromatic carbocycles. The number of hydrogen-bond acceptors (Lipinski definition) is 2. The van der Waals surface area contributed by atoms with Crippen LogP contribution in [0.15, 0.2) is 48.4 Å². The Hall–Kier alpha value is -1.54. The SMILES string of the molecule is C=C(Nc1ccc(C)cc1)c1cccs1. The second-order valence-electron chi connectivity index (χ2n) is 3.45. The molecule has 0 bridgehead atoms. The van der Waals surface area contributed by atoms with Crippen molar-refractivity contribution in [3.8, 4) is 0 Å². The number of benzene rings is 1. The van der Waals surface area contributed by atoms with Crippen molar-refractivity contribution in [1.82, 2.24) is 0 Å². The fourth-order valence-corrected chi connectivity index (χ4v) is 1.98. The first kappa shape index (κ1) is 9.99. The summed E-state index contributed by atoms with van der Waals surface area (Å²) in [5.74, 6) is 0. The molecule has 0 saturated heterocycles. The van der Waals surface area contributed by atoms with Gasteiger partial charge in [-0.15, -0.1) is 11.3 Å². The second kappa shape index (κ2) is 4.32. The molecule has 0 amide bonds. The zero-order valence-electron chi connectivity index (χ0n) is 8.66. The monoisotopic (exact) mass is 215 g/mol. The summed E-state index contributed by atoms with van der Waals surface area (Å²) >= 11 is 1.69. The van der Waals surface area contributed by atoms with Crippen LogP contribution < -0.4 is 5.32 Å². The third-order valence-corrected chi connectivity index (χ3v) is 3.10. The van der Waals surface area contributed by atoms with Crippen molar-refractivity contribution >= 4 is 22.7 Å². The molecule has 0 atom stereocenters. The molecule has 0 fully saturated rings. The molecule has 2 heteroatoms. The molecule has 2 rings (SSSR count). The molecule has 0 spiro atoms. The summed E-state index contributed by atoms with van der Waals surface area (Å²) in [5, 5.41) is 5.34. The van der Waals surface area contributed by atoms with Crippen LogP contribution in [-0.2, 0) is 0 Å². The van der Waals surface area contributed by atoms with Crippen LogP contribution in [-0.4, -0.2) is 0 Å². The predicted molar refractivity (Wildman–Crippen MR) is 68.2 cm³/mol. The van der Waals surface area contributed by atoms with E-state index in [9.17, 15) is 0 Å². The molecule has 76 valence electrons.